The molecule has 5 nitrogen and oxygen atoms in total. The van der Waals surface area contributed by atoms with E-state index in [0.717, 1.165) is 23.3 Å². The Morgan fingerprint density at radius 2 is 1.89 bits per heavy atom. The Kier molecular flexibility index (Phi) is 5.12. The van der Waals surface area contributed by atoms with Gasteiger partial charge in [0.05, 0.1) is 32.4 Å². The fraction of sp³-hybridized carbons (Fsp3) is 0.318. The highest BCUT2D eigenvalue weighted by molar-refractivity contribution is 5.76. The Labute approximate surface area is 159 Å². The maximum Gasteiger partial charge on any atom is 0.411 e. The van der Waals surface area contributed by atoms with Crippen molar-refractivity contribution in [2.45, 2.75) is 25.1 Å². The monoisotopic (exact) mass is 365 g/mol. The molecule has 2 unspecified atom stereocenters. The van der Waals surface area contributed by atoms with E-state index in [9.17, 15) is 4.79 Å². The molecule has 2 bridgehead atoms. The number of hydrogen-bond donors (Lipinski definition) is 0. The second kappa shape index (κ2) is 7.84. The number of carbonyl (C=O) groups excluding carboxylic acids is 1. The summed E-state index contributed by atoms with van der Waals surface area (Å²) in [6.45, 7) is 1.28. The number of ether oxygens (including phenoxy) is 3. The van der Waals surface area contributed by atoms with Gasteiger partial charge in [0.2, 0.25) is 0 Å². The molecule has 0 spiro atoms. The molecule has 0 saturated carbocycles. The van der Waals surface area contributed by atoms with E-state index in [2.05, 4.69) is 12.1 Å². The summed E-state index contributed by atoms with van der Waals surface area (Å²) in [6, 6.07) is 17.6. The van der Waals surface area contributed by atoms with Gasteiger partial charge in [-0.15, -0.1) is 0 Å². The van der Waals surface area contributed by atoms with Gasteiger partial charge in [0.25, 0.3) is 0 Å². The molecule has 2 aromatic rings. The predicted octanol–water partition coefficient (Wildman–Crippen LogP) is 3.89. The Balaban J connectivity index is 1.52. The summed E-state index contributed by atoms with van der Waals surface area (Å²) in [6.07, 6.45) is 2.54. The molecular formula is C22H23NO4. The van der Waals surface area contributed by atoms with Gasteiger partial charge in [-0.2, -0.15) is 0 Å². The van der Waals surface area contributed by atoms with Crippen LogP contribution in [0.3, 0.4) is 0 Å². The molecule has 1 fully saturated rings. The lowest BCUT2D eigenvalue weighted by atomic mass is 9.89. The van der Waals surface area contributed by atoms with Crippen molar-refractivity contribution < 1.29 is 19.0 Å². The molecule has 140 valence electrons. The number of amides is 1. The lowest BCUT2D eigenvalue weighted by Gasteiger charge is -2.43. The number of nitrogens with zero attached hydrogens (tertiary/aromatic N) is 1. The summed E-state index contributed by atoms with van der Waals surface area (Å²) in [5.41, 5.74) is 3.25. The summed E-state index contributed by atoms with van der Waals surface area (Å²) >= 11 is 0. The molecule has 2 atom stereocenters. The van der Waals surface area contributed by atoms with Gasteiger partial charge in [-0.25, -0.2) is 4.79 Å². The fourth-order valence-corrected chi connectivity index (χ4v) is 3.78. The number of carbonyl (C=O) groups is 1. The first-order valence-corrected chi connectivity index (χ1v) is 9.17. The molecule has 0 aromatic heterocycles. The van der Waals surface area contributed by atoms with Gasteiger partial charge in [0.15, 0.2) is 0 Å². The normalized spacial score (nSPS) is 21.4. The maximum atomic E-state index is 12.7. The minimum Gasteiger partial charge on any atom is -0.496 e. The van der Waals surface area contributed by atoms with Gasteiger partial charge in [-0.3, -0.25) is 4.90 Å². The van der Waals surface area contributed by atoms with Gasteiger partial charge >= 0.3 is 6.09 Å². The molecule has 1 saturated heterocycles. The maximum absolute atomic E-state index is 12.7. The van der Waals surface area contributed by atoms with Crippen molar-refractivity contribution in [3.8, 4) is 5.75 Å². The van der Waals surface area contributed by atoms with E-state index in [-0.39, 0.29) is 24.8 Å². The average molecular weight is 365 g/mol. The van der Waals surface area contributed by atoms with Gasteiger partial charge in [-0.05, 0) is 23.6 Å². The third-order valence-electron chi connectivity index (χ3n) is 5.07. The number of hydrogen-bond acceptors (Lipinski definition) is 4. The molecule has 2 heterocycles. The van der Waals surface area contributed by atoms with Crippen molar-refractivity contribution in [2.24, 2.45) is 0 Å². The number of morpholine rings is 1. The summed E-state index contributed by atoms with van der Waals surface area (Å²) in [7, 11) is 1.68. The molecular weight excluding hydrogens is 342 g/mol. The van der Waals surface area contributed by atoms with E-state index in [1.807, 2.05) is 53.4 Å². The van der Waals surface area contributed by atoms with Crippen LogP contribution in [0.15, 0.2) is 60.7 Å². The second-order valence-electron chi connectivity index (χ2n) is 6.80. The first-order chi connectivity index (χ1) is 13.3. The first kappa shape index (κ1) is 17.6. The van der Waals surface area contributed by atoms with E-state index in [0.29, 0.717) is 13.2 Å². The van der Waals surface area contributed by atoms with Crippen molar-refractivity contribution in [1.29, 1.82) is 0 Å². The smallest absolute Gasteiger partial charge is 0.411 e. The van der Waals surface area contributed by atoms with Crippen molar-refractivity contribution in [3.05, 3.63) is 71.8 Å². The Morgan fingerprint density at radius 1 is 1.11 bits per heavy atom. The molecule has 0 radical (unpaired) electrons. The van der Waals surface area contributed by atoms with Crippen LogP contribution in [0.5, 0.6) is 5.75 Å². The zero-order valence-electron chi connectivity index (χ0n) is 15.3. The van der Waals surface area contributed by atoms with Crippen molar-refractivity contribution in [1.82, 2.24) is 4.90 Å². The molecule has 2 aliphatic rings. The zero-order valence-corrected chi connectivity index (χ0v) is 15.3. The number of rotatable bonds is 4. The van der Waals surface area contributed by atoms with E-state index in [1.165, 1.54) is 5.57 Å². The van der Waals surface area contributed by atoms with E-state index in [4.69, 9.17) is 14.2 Å². The molecule has 1 amide bonds. The molecule has 0 N–H and O–H groups in total. The molecule has 4 rings (SSSR count). The molecule has 2 aromatic carbocycles. The van der Waals surface area contributed by atoms with Crippen LogP contribution in [0.2, 0.25) is 0 Å². The second-order valence-corrected chi connectivity index (χ2v) is 6.80. The number of para-hydroxylation sites is 1. The minimum absolute atomic E-state index is 0.0306. The van der Waals surface area contributed by atoms with Crippen LogP contribution in [0.25, 0.3) is 5.57 Å². The first-order valence-electron chi connectivity index (χ1n) is 9.17. The quantitative estimate of drug-likeness (QED) is 0.825. The van der Waals surface area contributed by atoms with Crippen LogP contribution < -0.4 is 4.74 Å². The van der Waals surface area contributed by atoms with Crippen molar-refractivity contribution in [3.63, 3.8) is 0 Å². The molecule has 27 heavy (non-hydrogen) atoms. The summed E-state index contributed by atoms with van der Waals surface area (Å²) in [5, 5.41) is 0. The topological polar surface area (TPSA) is 48.0 Å². The van der Waals surface area contributed by atoms with Gasteiger partial charge in [-0.1, -0.05) is 54.6 Å². The third kappa shape index (κ3) is 3.69. The van der Waals surface area contributed by atoms with Crippen LogP contribution >= 0.6 is 0 Å². The van der Waals surface area contributed by atoms with Crippen molar-refractivity contribution >= 4 is 11.7 Å². The molecule has 5 heteroatoms. The third-order valence-corrected chi connectivity index (χ3v) is 5.07. The van der Waals surface area contributed by atoms with E-state index in [1.54, 1.807) is 7.11 Å². The van der Waals surface area contributed by atoms with Crippen LogP contribution in [-0.2, 0) is 16.1 Å². The number of fused-ring (bicyclic) bond motifs is 2. The summed E-state index contributed by atoms with van der Waals surface area (Å²) < 4.78 is 16.8. The van der Waals surface area contributed by atoms with E-state index < -0.39 is 0 Å². The Hall–Kier alpha value is -2.79. The molecule has 0 aliphatic carbocycles. The fourth-order valence-electron chi connectivity index (χ4n) is 3.78. The van der Waals surface area contributed by atoms with Gasteiger partial charge in [0.1, 0.15) is 12.4 Å². The Morgan fingerprint density at radius 3 is 2.67 bits per heavy atom. The highest BCUT2D eigenvalue weighted by Gasteiger charge is 2.39. The predicted molar refractivity (Wildman–Crippen MR) is 102 cm³/mol. The SMILES string of the molecule is COc1ccccc1C1=CC2COCC(C1)N2C(=O)OCc1ccccc1. The average Bonchev–Trinajstić information content (AvgIpc) is 2.71. The van der Waals surface area contributed by atoms with Crippen LogP contribution in [0.1, 0.15) is 17.5 Å². The summed E-state index contributed by atoms with van der Waals surface area (Å²) in [5.74, 6) is 0.850. The summed E-state index contributed by atoms with van der Waals surface area (Å²) in [4.78, 5) is 14.6. The molecule has 2 aliphatic heterocycles. The highest BCUT2D eigenvalue weighted by atomic mass is 16.6. The van der Waals surface area contributed by atoms with E-state index >= 15 is 0 Å². The van der Waals surface area contributed by atoms with Crippen LogP contribution in [0.4, 0.5) is 4.79 Å². The zero-order chi connectivity index (χ0) is 18.6. The van der Waals surface area contributed by atoms with Crippen LogP contribution in [-0.4, -0.2) is 43.4 Å². The largest absolute Gasteiger partial charge is 0.496 e. The lowest BCUT2D eigenvalue weighted by Crippen LogP contribution is -2.56. The highest BCUT2D eigenvalue weighted by Crippen LogP contribution is 2.36. The number of benzene rings is 2. The standard InChI is InChI=1S/C22H23NO4/c1-25-21-10-6-5-9-20(21)17-11-18-14-26-15-19(12-17)23(18)22(24)27-13-16-7-3-2-4-8-16/h2-11,18-19H,12-15H2,1H3. The van der Waals surface area contributed by atoms with Crippen molar-refractivity contribution in [2.75, 3.05) is 20.3 Å². The Bertz CT molecular complexity index is 833. The van der Waals surface area contributed by atoms with Gasteiger partial charge in [0, 0.05) is 5.56 Å². The number of methoxy groups -OCH3 is 1. The minimum atomic E-state index is -0.285. The van der Waals surface area contributed by atoms with Gasteiger partial charge < -0.3 is 14.2 Å². The van der Waals surface area contributed by atoms with Crippen LogP contribution in [0, 0.1) is 0 Å². The lowest BCUT2D eigenvalue weighted by molar-refractivity contribution is -0.0342.